The number of benzene rings is 1. The van der Waals surface area contributed by atoms with Crippen molar-refractivity contribution >= 4 is 41.0 Å². The Balaban J connectivity index is 2.08. The molecule has 1 aromatic carbocycles. The van der Waals surface area contributed by atoms with Gasteiger partial charge in [-0.15, -0.1) is 11.3 Å². The highest BCUT2D eigenvalue weighted by Gasteiger charge is 2.27. The van der Waals surface area contributed by atoms with Crippen LogP contribution in [0.2, 0.25) is 0 Å². The molecule has 0 saturated carbocycles. The lowest BCUT2D eigenvalue weighted by Crippen LogP contribution is -2.45. The molecule has 2 aromatic rings. The first kappa shape index (κ1) is 26.5. The van der Waals surface area contributed by atoms with Crippen LogP contribution in [0.4, 0.5) is 4.39 Å². The van der Waals surface area contributed by atoms with Crippen LogP contribution in [0.25, 0.3) is 0 Å². The summed E-state index contributed by atoms with van der Waals surface area (Å²) < 4.78 is 19.2. The SMILES string of the molecule is CCC[C@@H](Cc1ccc(C(=O)Oc2ccc(C(=N)N)cc2F)s1)C(=O)N[C@@H](CC(=O)O)C(=O)O. The molecule has 0 aliphatic heterocycles. The smallest absolute Gasteiger partial charge is 0.353 e. The highest BCUT2D eigenvalue weighted by molar-refractivity contribution is 7.13. The van der Waals surface area contributed by atoms with Crippen molar-refractivity contribution < 1.29 is 38.5 Å². The van der Waals surface area contributed by atoms with Gasteiger partial charge in [-0.05, 0) is 43.2 Å². The summed E-state index contributed by atoms with van der Waals surface area (Å²) in [6.07, 6.45) is 0.471. The zero-order valence-electron chi connectivity index (χ0n) is 18.2. The number of carbonyl (C=O) groups is 4. The van der Waals surface area contributed by atoms with E-state index < -0.39 is 48.0 Å². The number of carboxylic acid groups (broad SMARTS) is 2. The lowest BCUT2D eigenvalue weighted by molar-refractivity contribution is -0.147. The van der Waals surface area contributed by atoms with Crippen molar-refractivity contribution in [2.75, 3.05) is 0 Å². The second kappa shape index (κ2) is 11.9. The number of nitrogens with two attached hydrogens (primary N) is 1. The van der Waals surface area contributed by atoms with E-state index >= 15 is 0 Å². The Morgan fingerprint density at radius 2 is 1.91 bits per heavy atom. The third-order valence-electron chi connectivity index (χ3n) is 4.76. The number of halogens is 1. The van der Waals surface area contributed by atoms with Gasteiger partial charge in [-0.2, -0.15) is 0 Å². The van der Waals surface area contributed by atoms with E-state index in [1.54, 1.807) is 6.07 Å². The topological polar surface area (TPSA) is 180 Å². The molecule has 1 aromatic heterocycles. The van der Waals surface area contributed by atoms with E-state index in [-0.39, 0.29) is 28.4 Å². The first-order valence-corrected chi connectivity index (χ1v) is 11.0. The summed E-state index contributed by atoms with van der Waals surface area (Å²) in [5, 5.41) is 27.6. The van der Waals surface area contributed by atoms with E-state index in [0.29, 0.717) is 17.7 Å². The molecule has 1 amide bonds. The van der Waals surface area contributed by atoms with Crippen LogP contribution in [0.3, 0.4) is 0 Å². The lowest BCUT2D eigenvalue weighted by Gasteiger charge is -2.18. The summed E-state index contributed by atoms with van der Waals surface area (Å²) in [5.74, 6) is -6.36. The summed E-state index contributed by atoms with van der Waals surface area (Å²) in [5.41, 5.74) is 5.44. The number of amidine groups is 1. The monoisotopic (exact) mass is 493 g/mol. The third kappa shape index (κ3) is 7.37. The molecule has 0 fully saturated rings. The summed E-state index contributed by atoms with van der Waals surface area (Å²) in [7, 11) is 0. The van der Waals surface area contributed by atoms with Gasteiger partial charge in [0.15, 0.2) is 11.6 Å². The van der Waals surface area contributed by atoms with Crippen LogP contribution in [-0.2, 0) is 20.8 Å². The largest absolute Gasteiger partial charge is 0.481 e. The average Bonchev–Trinajstić information content (AvgIpc) is 3.22. The van der Waals surface area contributed by atoms with Crippen LogP contribution in [0, 0.1) is 17.1 Å². The van der Waals surface area contributed by atoms with Gasteiger partial charge in [0.1, 0.15) is 16.8 Å². The number of carboxylic acids is 2. The average molecular weight is 494 g/mol. The van der Waals surface area contributed by atoms with Gasteiger partial charge >= 0.3 is 17.9 Å². The fourth-order valence-electron chi connectivity index (χ4n) is 3.08. The van der Waals surface area contributed by atoms with E-state index in [2.05, 4.69) is 5.32 Å². The first-order valence-electron chi connectivity index (χ1n) is 10.2. The van der Waals surface area contributed by atoms with Gasteiger partial charge in [0.05, 0.1) is 6.42 Å². The minimum Gasteiger partial charge on any atom is -0.481 e. The fraction of sp³-hybridized carbons (Fsp3) is 0.318. The van der Waals surface area contributed by atoms with Crippen LogP contribution >= 0.6 is 11.3 Å². The molecule has 6 N–H and O–H groups in total. The maximum atomic E-state index is 14.1. The Morgan fingerprint density at radius 1 is 1.21 bits per heavy atom. The fourth-order valence-corrected chi connectivity index (χ4v) is 4.04. The number of hydrogen-bond donors (Lipinski definition) is 5. The molecular formula is C22H24FN3O7S. The quantitative estimate of drug-likeness (QED) is 0.129. The molecule has 0 unspecified atom stereocenters. The molecule has 0 aliphatic rings. The minimum absolute atomic E-state index is 0.143. The highest BCUT2D eigenvalue weighted by Crippen LogP contribution is 2.25. The van der Waals surface area contributed by atoms with Crippen LogP contribution < -0.4 is 15.8 Å². The molecule has 0 spiro atoms. The molecule has 34 heavy (non-hydrogen) atoms. The number of aliphatic carboxylic acids is 2. The molecular weight excluding hydrogens is 469 g/mol. The van der Waals surface area contributed by atoms with Crippen molar-refractivity contribution in [2.45, 2.75) is 38.6 Å². The van der Waals surface area contributed by atoms with Crippen molar-refractivity contribution in [1.29, 1.82) is 5.41 Å². The lowest BCUT2D eigenvalue weighted by atomic mass is 9.97. The molecule has 12 heteroatoms. The second-order valence-electron chi connectivity index (χ2n) is 7.40. The predicted molar refractivity (Wildman–Crippen MR) is 121 cm³/mol. The second-order valence-corrected chi connectivity index (χ2v) is 8.57. The first-order chi connectivity index (χ1) is 16.0. The number of amides is 1. The van der Waals surface area contributed by atoms with Gasteiger partial charge < -0.3 is 26.0 Å². The Morgan fingerprint density at radius 3 is 2.47 bits per heavy atom. The van der Waals surface area contributed by atoms with Crippen LogP contribution in [0.1, 0.15) is 46.3 Å². The van der Waals surface area contributed by atoms with Crippen LogP contribution in [-0.4, -0.2) is 45.9 Å². The molecule has 2 atom stereocenters. The van der Waals surface area contributed by atoms with E-state index in [4.69, 9.17) is 26.1 Å². The zero-order valence-corrected chi connectivity index (χ0v) is 19.0. The Bertz CT molecular complexity index is 1100. The number of hydrogen-bond acceptors (Lipinski definition) is 7. The van der Waals surface area contributed by atoms with Crippen LogP contribution in [0.15, 0.2) is 30.3 Å². The standard InChI is InChI=1S/C22H24FN3O7S/c1-2-3-12(20(29)26-15(21(30)31)10-18(27)28)8-13-5-7-17(34-13)22(32)33-16-6-4-11(19(24)25)9-14(16)23/h4-7,9,12,15H,2-3,8,10H2,1H3,(H3,24,25)(H,26,29)(H,27,28)(H,30,31)/t12-,15-/m0/s1. The van der Waals surface area contributed by atoms with Crippen molar-refractivity contribution in [2.24, 2.45) is 11.7 Å². The molecule has 0 aliphatic carbocycles. The summed E-state index contributed by atoms with van der Waals surface area (Å²) in [4.78, 5) is 47.9. The molecule has 0 saturated heterocycles. The van der Waals surface area contributed by atoms with Gasteiger partial charge in [0, 0.05) is 16.4 Å². The van der Waals surface area contributed by atoms with Crippen molar-refractivity contribution in [3.63, 3.8) is 0 Å². The summed E-state index contributed by atoms with van der Waals surface area (Å²) in [6.45, 7) is 1.84. The predicted octanol–water partition coefficient (Wildman–Crippen LogP) is 2.39. The highest BCUT2D eigenvalue weighted by atomic mass is 32.1. The van der Waals surface area contributed by atoms with E-state index in [9.17, 15) is 23.6 Å². The summed E-state index contributed by atoms with van der Waals surface area (Å²) >= 11 is 1.04. The van der Waals surface area contributed by atoms with Crippen molar-refractivity contribution in [3.05, 3.63) is 51.5 Å². The number of nitrogen functional groups attached to an aromatic ring is 1. The normalized spacial score (nSPS) is 12.4. The molecule has 1 heterocycles. The Kier molecular flexibility index (Phi) is 9.25. The van der Waals surface area contributed by atoms with Crippen molar-refractivity contribution in [1.82, 2.24) is 5.32 Å². The molecule has 0 radical (unpaired) electrons. The minimum atomic E-state index is -1.55. The number of carbonyl (C=O) groups excluding carboxylic acids is 2. The van der Waals surface area contributed by atoms with E-state index in [1.807, 2.05) is 6.92 Å². The molecule has 2 rings (SSSR count). The van der Waals surface area contributed by atoms with E-state index in [1.165, 1.54) is 18.2 Å². The van der Waals surface area contributed by atoms with Crippen LogP contribution in [0.5, 0.6) is 5.75 Å². The molecule has 0 bridgehead atoms. The van der Waals surface area contributed by atoms with Gasteiger partial charge in [-0.1, -0.05) is 13.3 Å². The summed E-state index contributed by atoms with van der Waals surface area (Å²) in [6, 6.07) is 5.04. The van der Waals surface area contributed by atoms with E-state index in [0.717, 1.165) is 17.4 Å². The van der Waals surface area contributed by atoms with Gasteiger partial charge in [-0.3, -0.25) is 15.0 Å². The number of nitrogens with one attached hydrogen (secondary N) is 2. The van der Waals surface area contributed by atoms with Gasteiger partial charge in [-0.25, -0.2) is 14.0 Å². The maximum Gasteiger partial charge on any atom is 0.353 e. The Hall–Kier alpha value is -3.80. The molecule has 182 valence electrons. The van der Waals surface area contributed by atoms with Crippen molar-refractivity contribution in [3.8, 4) is 5.75 Å². The third-order valence-corrected chi connectivity index (χ3v) is 5.84. The number of ether oxygens (including phenoxy) is 1. The van der Waals surface area contributed by atoms with Gasteiger partial charge in [0.2, 0.25) is 5.91 Å². The number of rotatable bonds is 12. The number of esters is 1. The maximum absolute atomic E-state index is 14.1. The number of thiophene rings is 1. The van der Waals surface area contributed by atoms with Gasteiger partial charge in [0.25, 0.3) is 0 Å². The Labute approximate surface area is 198 Å². The zero-order chi connectivity index (χ0) is 25.4. The molecule has 10 nitrogen and oxygen atoms in total.